The smallest absolute Gasteiger partial charge is 0.545 e. The van der Waals surface area contributed by atoms with Crippen LogP contribution in [0.1, 0.15) is 0 Å². The fourth-order valence-electron chi connectivity index (χ4n) is 0. The molecule has 0 atom stereocenters. The molecule has 0 N–H and O–H groups in total. The first-order chi connectivity index (χ1) is 1.00. The predicted octanol–water partition coefficient (Wildman–Crippen LogP) is -2.82. The van der Waals surface area contributed by atoms with Crippen LogP contribution in [-0.2, 0) is 4.79 Å². The van der Waals surface area contributed by atoms with Gasteiger partial charge in [0.2, 0.25) is 0 Å². The molecule has 0 radical (unpaired) electrons. The van der Waals surface area contributed by atoms with Crippen molar-refractivity contribution >= 4 is 6.79 Å². The van der Waals surface area contributed by atoms with Crippen LogP contribution in [0.15, 0.2) is 0 Å². The summed E-state index contributed by atoms with van der Waals surface area (Å²) in [6, 6.07) is 0. The summed E-state index contributed by atoms with van der Waals surface area (Å²) >= 11 is 0. The van der Waals surface area contributed by atoms with Gasteiger partial charge in [0.15, 0.2) is 0 Å². The van der Waals surface area contributed by atoms with Gasteiger partial charge in [0.1, 0.15) is 0 Å². The Morgan fingerprint density at radius 1 is 1.25 bits per heavy atom. The zero-order valence-corrected chi connectivity index (χ0v) is 4.99. The molecule has 0 bridgehead atoms. The van der Waals surface area contributed by atoms with Gasteiger partial charge in [-0.2, -0.15) is 0 Å². The van der Waals surface area contributed by atoms with Crippen molar-refractivity contribution in [3.05, 3.63) is 7.43 Å². The minimum Gasteiger partial charge on any atom is -0.545 e. The van der Waals surface area contributed by atoms with Crippen molar-refractivity contribution in [1.29, 1.82) is 0 Å². The molecule has 0 aliphatic carbocycles. The summed E-state index contributed by atoms with van der Waals surface area (Å²) in [7, 11) is 0. The third-order valence-corrected chi connectivity index (χ3v) is 0. The second-order valence-electron chi connectivity index (χ2n) is 0. The Hall–Kier alpha value is 0.670. The number of rotatable bonds is 0. The molecule has 2 heteroatoms. The van der Waals surface area contributed by atoms with Crippen molar-refractivity contribution in [3.8, 4) is 0 Å². The molecule has 0 aromatic rings. The van der Waals surface area contributed by atoms with E-state index in [1.54, 1.807) is 0 Å². The van der Waals surface area contributed by atoms with E-state index in [0.29, 0.717) is 0 Å². The van der Waals surface area contributed by atoms with Crippen LogP contribution in [0.3, 0.4) is 0 Å². The van der Waals surface area contributed by atoms with Gasteiger partial charge >= 0.3 is 29.6 Å². The molecule has 4 heavy (non-hydrogen) atoms. The van der Waals surface area contributed by atoms with Crippen molar-refractivity contribution in [2.45, 2.75) is 0 Å². The summed E-state index contributed by atoms with van der Waals surface area (Å²) in [5, 5.41) is 0. The van der Waals surface area contributed by atoms with E-state index in [1.807, 2.05) is 0 Å². The Morgan fingerprint density at radius 3 is 1.25 bits per heavy atom. The largest absolute Gasteiger partial charge is 1.00 e. The molecule has 0 aromatic carbocycles. The van der Waals surface area contributed by atoms with Crippen LogP contribution >= 0.6 is 0 Å². The van der Waals surface area contributed by atoms with Gasteiger partial charge in [0.05, 0.1) is 0 Å². The van der Waals surface area contributed by atoms with E-state index in [1.165, 1.54) is 0 Å². The van der Waals surface area contributed by atoms with Gasteiger partial charge in [0.25, 0.3) is 0 Å². The molecule has 1 nitrogen and oxygen atoms in total. The van der Waals surface area contributed by atoms with Crippen molar-refractivity contribution in [1.82, 2.24) is 0 Å². The van der Waals surface area contributed by atoms with Crippen LogP contribution in [0.25, 0.3) is 0 Å². The molecule has 0 unspecified atom stereocenters. The van der Waals surface area contributed by atoms with E-state index in [9.17, 15) is 0 Å². The van der Waals surface area contributed by atoms with Crippen molar-refractivity contribution < 1.29 is 34.4 Å². The zero-order valence-electron chi connectivity index (χ0n) is 2.99. The number of hydrogen-bond donors (Lipinski definition) is 0. The standard InChI is InChI=1S/CHO.CH3.Na/c1-2;;/h1H;1H3;/q2*-1;+1. The van der Waals surface area contributed by atoms with Crippen LogP contribution < -0.4 is 29.6 Å². The minimum absolute atomic E-state index is 0. The van der Waals surface area contributed by atoms with Gasteiger partial charge in [0, 0.05) is 0 Å². The summed E-state index contributed by atoms with van der Waals surface area (Å²) < 4.78 is 0. The Balaban J connectivity index is -0.00000000500. The molecule has 0 rings (SSSR count). The first kappa shape index (κ1) is 22.6. The third-order valence-electron chi connectivity index (χ3n) is 0. The second kappa shape index (κ2) is 58.3. The summed E-state index contributed by atoms with van der Waals surface area (Å²) in [4.78, 5) is 7.75. The molecular weight excluding hydrogens is 63.0 g/mol. The Labute approximate surface area is 48.7 Å². The Morgan fingerprint density at radius 2 is 1.25 bits per heavy atom. The van der Waals surface area contributed by atoms with Crippen molar-refractivity contribution in [2.75, 3.05) is 0 Å². The monoisotopic (exact) mass is 67.0 g/mol. The van der Waals surface area contributed by atoms with Crippen LogP contribution in [0.2, 0.25) is 0 Å². The normalized spacial score (nSPS) is 1.00. The van der Waals surface area contributed by atoms with Crippen molar-refractivity contribution in [2.24, 2.45) is 0 Å². The molecule has 0 saturated heterocycles. The maximum absolute atomic E-state index is 7.75. The van der Waals surface area contributed by atoms with Gasteiger partial charge < -0.3 is 12.2 Å². The SMILES string of the molecule is [CH-]=O.[CH3-].[Na+]. The second-order valence-corrected chi connectivity index (χ2v) is 0. The van der Waals surface area contributed by atoms with Crippen LogP contribution in [0, 0.1) is 7.43 Å². The van der Waals surface area contributed by atoms with Gasteiger partial charge in [-0.15, -0.1) is 0 Å². The summed E-state index contributed by atoms with van der Waals surface area (Å²) in [5.41, 5.74) is 0. The molecule has 0 aliphatic rings. The molecule has 0 aliphatic heterocycles. The van der Waals surface area contributed by atoms with E-state index >= 15 is 0 Å². The quantitative estimate of drug-likeness (QED) is 0.170. The molecule has 0 heterocycles. The average Bonchev–Trinajstić information content (AvgIpc) is 1.00. The topological polar surface area (TPSA) is 17.1 Å². The molecule has 20 valence electrons. The first-order valence-corrected chi connectivity index (χ1v) is 0.236. The van der Waals surface area contributed by atoms with E-state index in [-0.39, 0.29) is 37.0 Å². The average molecular weight is 67.0 g/mol. The summed E-state index contributed by atoms with van der Waals surface area (Å²) in [5.74, 6) is 0. The van der Waals surface area contributed by atoms with Gasteiger partial charge in [-0.25, -0.2) is 0 Å². The first-order valence-electron chi connectivity index (χ1n) is 0.236. The van der Waals surface area contributed by atoms with Crippen LogP contribution in [0.5, 0.6) is 0 Å². The Kier molecular flexibility index (Phi) is 329. The van der Waals surface area contributed by atoms with E-state index < -0.39 is 0 Å². The number of hydrogen-bond acceptors (Lipinski definition) is 1. The fraction of sp³-hybridized carbons (Fsp3) is 0. The molecule has 0 amide bonds. The van der Waals surface area contributed by atoms with E-state index in [2.05, 4.69) is 6.79 Å². The number of carbonyl (C=O) groups excluding carboxylic acids is 1. The zero-order chi connectivity index (χ0) is 2.00. The molecular formula is C2H4NaO-. The van der Waals surface area contributed by atoms with Gasteiger partial charge in [-0.3, -0.25) is 6.79 Å². The molecule has 0 fully saturated rings. The maximum Gasteiger partial charge on any atom is 1.00 e. The van der Waals surface area contributed by atoms with Crippen LogP contribution in [0.4, 0.5) is 0 Å². The van der Waals surface area contributed by atoms with Crippen molar-refractivity contribution in [3.63, 3.8) is 0 Å². The fourth-order valence-corrected chi connectivity index (χ4v) is 0. The summed E-state index contributed by atoms with van der Waals surface area (Å²) in [6.45, 7) is 3.25. The van der Waals surface area contributed by atoms with Gasteiger partial charge in [-0.05, 0) is 0 Å². The Bertz CT molecular complexity index is 6.00. The van der Waals surface area contributed by atoms with Crippen LogP contribution in [-0.4, -0.2) is 6.79 Å². The molecule has 0 aromatic heterocycles. The van der Waals surface area contributed by atoms with Gasteiger partial charge in [-0.1, -0.05) is 0 Å². The predicted molar refractivity (Wildman–Crippen MR) is 13.2 cm³/mol. The molecule has 0 spiro atoms. The minimum atomic E-state index is 0. The third kappa shape index (κ3) is 16.6. The van der Waals surface area contributed by atoms with E-state index in [4.69, 9.17) is 4.79 Å². The molecule has 0 saturated carbocycles. The summed E-state index contributed by atoms with van der Waals surface area (Å²) in [6.07, 6.45) is 0. The van der Waals surface area contributed by atoms with E-state index in [0.717, 1.165) is 0 Å². The maximum atomic E-state index is 7.75.